The van der Waals surface area contributed by atoms with Crippen molar-refractivity contribution < 1.29 is 24.3 Å². The van der Waals surface area contributed by atoms with Gasteiger partial charge >= 0.3 is 5.97 Å². The van der Waals surface area contributed by atoms with E-state index in [0.29, 0.717) is 25.7 Å². The monoisotopic (exact) mass is 282 g/mol. The minimum Gasteiger partial charge on any atom is -0.480 e. The number of carbonyl (C=O) groups excluding carboxylic acids is 3. The predicted octanol–water partition coefficient (Wildman–Crippen LogP) is -0.406. The second-order valence-corrected chi connectivity index (χ2v) is 5.38. The number of Topliss-reactive ketones (excluding diaryl/α,β-unsaturated/α-hetero) is 1. The Labute approximate surface area is 116 Å². The van der Waals surface area contributed by atoms with E-state index in [2.05, 4.69) is 10.6 Å². The molecule has 2 rings (SSSR count). The third-order valence-corrected chi connectivity index (χ3v) is 3.87. The van der Waals surface area contributed by atoms with Crippen LogP contribution in [-0.4, -0.2) is 40.8 Å². The number of rotatable bonds is 4. The normalized spacial score (nSPS) is 27.8. The first kappa shape index (κ1) is 14.5. The van der Waals surface area contributed by atoms with Gasteiger partial charge in [0, 0.05) is 19.3 Å². The van der Waals surface area contributed by atoms with Crippen molar-refractivity contribution in [2.45, 2.75) is 50.6 Å². The Hall–Kier alpha value is -1.92. The lowest BCUT2D eigenvalue weighted by atomic mass is 9.83. The van der Waals surface area contributed by atoms with Crippen LogP contribution in [0.4, 0.5) is 0 Å². The summed E-state index contributed by atoms with van der Waals surface area (Å²) in [7, 11) is 0. The lowest BCUT2D eigenvalue weighted by Crippen LogP contribution is -2.52. The number of carboxylic acids is 1. The van der Waals surface area contributed by atoms with Crippen molar-refractivity contribution in [3.8, 4) is 0 Å². The van der Waals surface area contributed by atoms with Crippen molar-refractivity contribution in [2.24, 2.45) is 5.92 Å². The minimum absolute atomic E-state index is 0.0379. The quantitative estimate of drug-likeness (QED) is 0.649. The molecule has 3 N–H and O–H groups in total. The van der Waals surface area contributed by atoms with Crippen LogP contribution >= 0.6 is 0 Å². The number of hydrogen-bond acceptors (Lipinski definition) is 4. The van der Waals surface area contributed by atoms with Gasteiger partial charge in [-0.25, -0.2) is 4.79 Å². The van der Waals surface area contributed by atoms with Crippen LogP contribution in [-0.2, 0) is 19.2 Å². The van der Waals surface area contributed by atoms with Gasteiger partial charge in [0.15, 0.2) is 0 Å². The third kappa shape index (κ3) is 3.34. The van der Waals surface area contributed by atoms with E-state index in [9.17, 15) is 24.3 Å². The number of hydrogen-bond donors (Lipinski definition) is 3. The van der Waals surface area contributed by atoms with Gasteiger partial charge in [-0.3, -0.25) is 14.4 Å². The average molecular weight is 282 g/mol. The van der Waals surface area contributed by atoms with Gasteiger partial charge in [-0.2, -0.15) is 0 Å². The first-order chi connectivity index (χ1) is 9.47. The van der Waals surface area contributed by atoms with Gasteiger partial charge in [-0.15, -0.1) is 0 Å². The Kier molecular flexibility index (Phi) is 4.36. The lowest BCUT2D eigenvalue weighted by molar-refractivity contribution is -0.144. The van der Waals surface area contributed by atoms with Gasteiger partial charge in [-0.1, -0.05) is 0 Å². The second-order valence-electron chi connectivity index (χ2n) is 5.38. The van der Waals surface area contributed by atoms with Gasteiger partial charge in [-0.05, 0) is 25.2 Å². The highest BCUT2D eigenvalue weighted by atomic mass is 16.4. The zero-order chi connectivity index (χ0) is 14.7. The molecule has 0 aromatic rings. The van der Waals surface area contributed by atoms with Gasteiger partial charge in [0.1, 0.15) is 17.9 Å². The van der Waals surface area contributed by atoms with Crippen LogP contribution in [0.3, 0.4) is 0 Å². The van der Waals surface area contributed by atoms with Crippen molar-refractivity contribution in [1.82, 2.24) is 10.6 Å². The SMILES string of the molecule is O=C1CCC[C@@H]([C@@H](NC(=O)[C@H]2CCC(=O)N2)C(=O)O)C1. The number of ketones is 1. The van der Waals surface area contributed by atoms with Crippen LogP contribution in [0.15, 0.2) is 0 Å². The van der Waals surface area contributed by atoms with E-state index in [0.717, 1.165) is 0 Å². The molecular formula is C13H18N2O5. The molecule has 2 amide bonds. The Morgan fingerprint density at radius 1 is 1.25 bits per heavy atom. The van der Waals surface area contributed by atoms with E-state index in [1.807, 2.05) is 0 Å². The molecule has 0 radical (unpaired) electrons. The summed E-state index contributed by atoms with van der Waals surface area (Å²) in [5.41, 5.74) is 0. The molecule has 1 saturated carbocycles. The topological polar surface area (TPSA) is 113 Å². The molecule has 2 fully saturated rings. The van der Waals surface area contributed by atoms with Crippen molar-refractivity contribution in [3.05, 3.63) is 0 Å². The van der Waals surface area contributed by atoms with Crippen molar-refractivity contribution in [3.63, 3.8) is 0 Å². The number of aliphatic carboxylic acids is 1. The maximum absolute atomic E-state index is 12.0. The van der Waals surface area contributed by atoms with E-state index in [1.165, 1.54) is 0 Å². The summed E-state index contributed by atoms with van der Waals surface area (Å²) in [6, 6.07) is -1.73. The molecule has 0 aromatic heterocycles. The fraction of sp³-hybridized carbons (Fsp3) is 0.692. The highest BCUT2D eigenvalue weighted by Gasteiger charge is 2.36. The van der Waals surface area contributed by atoms with Crippen LogP contribution in [0.1, 0.15) is 38.5 Å². The summed E-state index contributed by atoms with van der Waals surface area (Å²) in [4.78, 5) is 45.8. The molecule has 3 atom stereocenters. The molecular weight excluding hydrogens is 264 g/mol. The van der Waals surface area contributed by atoms with Crippen LogP contribution in [0.2, 0.25) is 0 Å². The van der Waals surface area contributed by atoms with Gasteiger partial charge < -0.3 is 15.7 Å². The van der Waals surface area contributed by atoms with Crippen molar-refractivity contribution in [1.29, 1.82) is 0 Å². The Balaban J connectivity index is 1.98. The Bertz CT molecular complexity index is 448. The largest absolute Gasteiger partial charge is 0.480 e. The van der Waals surface area contributed by atoms with Crippen molar-refractivity contribution >= 4 is 23.6 Å². The van der Waals surface area contributed by atoms with Gasteiger partial charge in [0.05, 0.1) is 0 Å². The minimum atomic E-state index is -1.14. The first-order valence-corrected chi connectivity index (χ1v) is 6.81. The molecule has 110 valence electrons. The Morgan fingerprint density at radius 3 is 2.55 bits per heavy atom. The summed E-state index contributed by atoms with van der Waals surface area (Å²) >= 11 is 0. The van der Waals surface area contributed by atoms with E-state index in [-0.39, 0.29) is 30.4 Å². The molecule has 0 spiro atoms. The molecule has 20 heavy (non-hydrogen) atoms. The molecule has 1 heterocycles. The first-order valence-electron chi connectivity index (χ1n) is 6.81. The summed E-state index contributed by atoms with van der Waals surface area (Å²) in [6.45, 7) is 0. The summed E-state index contributed by atoms with van der Waals surface area (Å²) in [6.07, 6.45) is 2.59. The molecule has 7 nitrogen and oxygen atoms in total. The fourth-order valence-corrected chi connectivity index (χ4v) is 2.79. The van der Waals surface area contributed by atoms with Gasteiger partial charge in [0.25, 0.3) is 0 Å². The van der Waals surface area contributed by atoms with E-state index in [1.54, 1.807) is 0 Å². The molecule has 1 saturated heterocycles. The molecule has 1 aliphatic carbocycles. The Morgan fingerprint density at radius 2 is 2.00 bits per heavy atom. The summed E-state index contributed by atoms with van der Waals surface area (Å²) in [5, 5.41) is 14.2. The molecule has 0 aromatic carbocycles. The second kappa shape index (κ2) is 6.02. The van der Waals surface area contributed by atoms with Crippen LogP contribution in [0.5, 0.6) is 0 Å². The van der Waals surface area contributed by atoms with Crippen LogP contribution in [0, 0.1) is 5.92 Å². The third-order valence-electron chi connectivity index (χ3n) is 3.87. The zero-order valence-corrected chi connectivity index (χ0v) is 11.1. The molecule has 2 aliphatic rings. The van der Waals surface area contributed by atoms with E-state index < -0.39 is 24.0 Å². The highest BCUT2D eigenvalue weighted by Crippen LogP contribution is 2.25. The van der Waals surface area contributed by atoms with Crippen molar-refractivity contribution in [2.75, 3.05) is 0 Å². The molecule has 0 bridgehead atoms. The number of nitrogens with one attached hydrogen (secondary N) is 2. The fourth-order valence-electron chi connectivity index (χ4n) is 2.79. The molecule has 7 heteroatoms. The average Bonchev–Trinajstić information content (AvgIpc) is 2.82. The number of carboxylic acid groups (broad SMARTS) is 1. The predicted molar refractivity (Wildman–Crippen MR) is 67.7 cm³/mol. The maximum atomic E-state index is 12.0. The highest BCUT2D eigenvalue weighted by molar-refractivity contribution is 5.93. The summed E-state index contributed by atoms with van der Waals surface area (Å²) in [5.74, 6) is -2.15. The number of carbonyl (C=O) groups is 4. The standard InChI is InChI=1S/C13H18N2O5/c16-8-3-1-2-7(6-8)11(13(19)20)15-12(18)9-4-5-10(17)14-9/h7,9,11H,1-6H2,(H,14,17)(H,15,18)(H,19,20)/t7-,9-,11-/m1/s1. The molecule has 1 aliphatic heterocycles. The van der Waals surface area contributed by atoms with Gasteiger partial charge in [0.2, 0.25) is 11.8 Å². The smallest absolute Gasteiger partial charge is 0.326 e. The van der Waals surface area contributed by atoms with E-state index in [4.69, 9.17) is 0 Å². The number of amides is 2. The maximum Gasteiger partial charge on any atom is 0.326 e. The zero-order valence-electron chi connectivity index (χ0n) is 11.1. The van der Waals surface area contributed by atoms with E-state index >= 15 is 0 Å². The summed E-state index contributed by atoms with van der Waals surface area (Å²) < 4.78 is 0. The molecule has 0 unspecified atom stereocenters. The lowest BCUT2D eigenvalue weighted by Gasteiger charge is -2.28. The van der Waals surface area contributed by atoms with Crippen LogP contribution < -0.4 is 10.6 Å². The van der Waals surface area contributed by atoms with Crippen LogP contribution in [0.25, 0.3) is 0 Å².